The van der Waals surface area contributed by atoms with E-state index in [-0.39, 0.29) is 0 Å². The van der Waals surface area contributed by atoms with Gasteiger partial charge in [-0.15, -0.1) is 0 Å². The summed E-state index contributed by atoms with van der Waals surface area (Å²) in [5.41, 5.74) is 0.331. The first-order chi connectivity index (χ1) is 6.00. The Balaban J connectivity index is 2.16. The quantitative estimate of drug-likeness (QED) is 0.559. The van der Waals surface area contributed by atoms with E-state index in [1.807, 2.05) is 0 Å². The van der Waals surface area contributed by atoms with Crippen molar-refractivity contribution >= 4 is 0 Å². The molecule has 2 bridgehead atoms. The second-order valence-electron chi connectivity index (χ2n) is 5.92. The molecule has 1 saturated carbocycles. The van der Waals surface area contributed by atoms with Crippen LogP contribution in [0, 0.1) is 17.3 Å². The fraction of sp³-hybridized carbons (Fsp3) is 1.00. The zero-order valence-electron chi connectivity index (χ0n) is 9.34. The zero-order valence-corrected chi connectivity index (χ0v) is 9.34. The second kappa shape index (κ2) is 2.98. The Hall–Kier alpha value is -0.0400. The smallest absolute Gasteiger partial charge is 0.0658 e. The molecule has 13 heavy (non-hydrogen) atoms. The summed E-state index contributed by atoms with van der Waals surface area (Å²) < 4.78 is 6.16. The Morgan fingerprint density at radius 2 is 1.85 bits per heavy atom. The Bertz CT molecular complexity index is 192. The highest BCUT2D eigenvalue weighted by Gasteiger charge is 2.48. The van der Waals surface area contributed by atoms with Gasteiger partial charge in [0.15, 0.2) is 0 Å². The Kier molecular flexibility index (Phi) is 2.18. The summed E-state index contributed by atoms with van der Waals surface area (Å²) in [6.45, 7) is 9.31. The maximum atomic E-state index is 6.16. The molecule has 4 unspecified atom stereocenters. The van der Waals surface area contributed by atoms with Crippen LogP contribution in [0.2, 0.25) is 0 Å². The summed E-state index contributed by atoms with van der Waals surface area (Å²) in [7, 11) is 0. The highest BCUT2D eigenvalue weighted by Crippen LogP contribution is 2.47. The van der Waals surface area contributed by atoms with E-state index in [1.54, 1.807) is 0 Å². The molecule has 1 nitrogen and oxygen atoms in total. The first-order valence-electron chi connectivity index (χ1n) is 5.65. The van der Waals surface area contributed by atoms with Crippen molar-refractivity contribution in [3.63, 3.8) is 0 Å². The highest BCUT2D eigenvalue weighted by atomic mass is 16.5. The van der Waals surface area contributed by atoms with Crippen LogP contribution in [0.1, 0.15) is 47.0 Å². The van der Waals surface area contributed by atoms with E-state index < -0.39 is 0 Å². The third-order valence-electron chi connectivity index (χ3n) is 3.85. The van der Waals surface area contributed by atoms with E-state index in [0.717, 1.165) is 11.8 Å². The van der Waals surface area contributed by atoms with Crippen molar-refractivity contribution in [3.05, 3.63) is 0 Å². The molecule has 2 fully saturated rings. The maximum absolute atomic E-state index is 6.16. The topological polar surface area (TPSA) is 9.23 Å². The van der Waals surface area contributed by atoms with Gasteiger partial charge < -0.3 is 4.74 Å². The largest absolute Gasteiger partial charge is 0.374 e. The predicted octanol–water partition coefficient (Wildman–Crippen LogP) is 3.24. The molecule has 0 aromatic heterocycles. The molecule has 76 valence electrons. The molecular weight excluding hydrogens is 160 g/mol. The van der Waals surface area contributed by atoms with Crippen molar-refractivity contribution < 1.29 is 4.74 Å². The van der Waals surface area contributed by atoms with Crippen molar-refractivity contribution in [2.24, 2.45) is 17.3 Å². The normalized spacial score (nSPS) is 45.2. The molecule has 1 saturated heterocycles. The molecule has 0 amide bonds. The molecule has 0 aromatic rings. The first kappa shape index (κ1) is 9.51. The van der Waals surface area contributed by atoms with Gasteiger partial charge in [0, 0.05) is 0 Å². The third-order valence-corrected chi connectivity index (χ3v) is 3.85. The fourth-order valence-electron chi connectivity index (χ4n) is 3.11. The van der Waals surface area contributed by atoms with Crippen LogP contribution in [-0.2, 0) is 4.74 Å². The summed E-state index contributed by atoms with van der Waals surface area (Å²) >= 11 is 0. The van der Waals surface area contributed by atoms with Gasteiger partial charge in [-0.3, -0.25) is 0 Å². The van der Waals surface area contributed by atoms with Crippen LogP contribution in [0.5, 0.6) is 0 Å². The zero-order chi connectivity index (χ0) is 9.64. The average molecular weight is 182 g/mol. The molecule has 1 heterocycles. The Morgan fingerprint density at radius 3 is 2.38 bits per heavy atom. The van der Waals surface area contributed by atoms with E-state index in [1.165, 1.54) is 19.3 Å². The lowest BCUT2D eigenvalue weighted by Gasteiger charge is -2.32. The van der Waals surface area contributed by atoms with Crippen molar-refractivity contribution in [3.8, 4) is 0 Å². The van der Waals surface area contributed by atoms with E-state index >= 15 is 0 Å². The van der Waals surface area contributed by atoms with Crippen molar-refractivity contribution in [2.45, 2.75) is 59.2 Å². The molecule has 0 radical (unpaired) electrons. The third kappa shape index (κ3) is 1.52. The van der Waals surface area contributed by atoms with Gasteiger partial charge in [0.05, 0.1) is 12.2 Å². The summed E-state index contributed by atoms with van der Waals surface area (Å²) in [5, 5.41) is 0. The average Bonchev–Trinajstić information content (AvgIpc) is 2.27. The van der Waals surface area contributed by atoms with Gasteiger partial charge in [-0.25, -0.2) is 0 Å². The lowest BCUT2D eigenvalue weighted by Crippen LogP contribution is -2.32. The van der Waals surface area contributed by atoms with Crippen LogP contribution in [0.4, 0.5) is 0 Å². The molecule has 2 aliphatic rings. The molecule has 0 spiro atoms. The molecule has 0 aromatic carbocycles. The number of rotatable bonds is 0. The Morgan fingerprint density at radius 1 is 1.15 bits per heavy atom. The van der Waals surface area contributed by atoms with Crippen LogP contribution in [0.15, 0.2) is 0 Å². The SMILES string of the molecule is CC1C2CCCC1C(C(C)(C)C)O2. The number of fused-ring (bicyclic) bond motifs is 2. The summed E-state index contributed by atoms with van der Waals surface area (Å²) in [4.78, 5) is 0. The summed E-state index contributed by atoms with van der Waals surface area (Å²) in [6.07, 6.45) is 5.15. The van der Waals surface area contributed by atoms with E-state index in [9.17, 15) is 0 Å². The molecule has 4 atom stereocenters. The van der Waals surface area contributed by atoms with Crippen molar-refractivity contribution in [2.75, 3.05) is 0 Å². The lowest BCUT2D eigenvalue weighted by atomic mass is 9.72. The van der Waals surface area contributed by atoms with Crippen LogP contribution in [-0.4, -0.2) is 12.2 Å². The highest BCUT2D eigenvalue weighted by molar-refractivity contribution is 4.96. The van der Waals surface area contributed by atoms with Crippen LogP contribution in [0.3, 0.4) is 0 Å². The van der Waals surface area contributed by atoms with Crippen molar-refractivity contribution in [1.29, 1.82) is 0 Å². The molecule has 0 N–H and O–H groups in total. The predicted molar refractivity (Wildman–Crippen MR) is 54.6 cm³/mol. The summed E-state index contributed by atoms with van der Waals surface area (Å²) in [6, 6.07) is 0. The van der Waals surface area contributed by atoms with Gasteiger partial charge in [0.25, 0.3) is 0 Å². The van der Waals surface area contributed by atoms with E-state index in [2.05, 4.69) is 27.7 Å². The van der Waals surface area contributed by atoms with Gasteiger partial charge in [-0.1, -0.05) is 34.1 Å². The van der Waals surface area contributed by atoms with Crippen LogP contribution in [0.25, 0.3) is 0 Å². The number of hydrogen-bond acceptors (Lipinski definition) is 1. The number of ether oxygens (including phenoxy) is 1. The second-order valence-corrected chi connectivity index (χ2v) is 5.92. The Labute approximate surface area is 81.9 Å². The fourth-order valence-corrected chi connectivity index (χ4v) is 3.11. The van der Waals surface area contributed by atoms with Gasteiger partial charge in [-0.05, 0) is 30.1 Å². The molecular formula is C12H22O. The van der Waals surface area contributed by atoms with Gasteiger partial charge >= 0.3 is 0 Å². The van der Waals surface area contributed by atoms with Gasteiger partial charge in [0.2, 0.25) is 0 Å². The summed E-state index contributed by atoms with van der Waals surface area (Å²) in [5.74, 6) is 1.64. The van der Waals surface area contributed by atoms with Gasteiger partial charge in [0.1, 0.15) is 0 Å². The minimum Gasteiger partial charge on any atom is -0.374 e. The maximum Gasteiger partial charge on any atom is 0.0658 e. The molecule has 2 rings (SSSR count). The molecule has 1 aliphatic heterocycles. The first-order valence-corrected chi connectivity index (χ1v) is 5.65. The lowest BCUT2D eigenvalue weighted by molar-refractivity contribution is -0.0247. The minimum atomic E-state index is 0.331. The monoisotopic (exact) mass is 182 g/mol. The van der Waals surface area contributed by atoms with Crippen molar-refractivity contribution in [1.82, 2.24) is 0 Å². The molecule has 1 heteroatoms. The number of hydrogen-bond donors (Lipinski definition) is 0. The van der Waals surface area contributed by atoms with Gasteiger partial charge in [-0.2, -0.15) is 0 Å². The minimum absolute atomic E-state index is 0.331. The van der Waals surface area contributed by atoms with E-state index in [0.29, 0.717) is 17.6 Å². The van der Waals surface area contributed by atoms with Crippen LogP contribution < -0.4 is 0 Å². The van der Waals surface area contributed by atoms with Crippen LogP contribution >= 0.6 is 0 Å². The van der Waals surface area contributed by atoms with E-state index in [4.69, 9.17) is 4.74 Å². The standard InChI is InChI=1S/C12H22O/c1-8-9-6-5-7-10(8)13-11(9)12(2,3)4/h8-11H,5-7H2,1-4H3. The molecule has 1 aliphatic carbocycles.